The zero-order chi connectivity index (χ0) is 10.0. The summed E-state index contributed by atoms with van der Waals surface area (Å²) in [6, 6.07) is 0.841. The number of hydrogen-bond donors (Lipinski definition) is 0. The van der Waals surface area contributed by atoms with Crippen LogP contribution in [0, 0.1) is 5.95 Å². The third kappa shape index (κ3) is 2.03. The highest BCUT2D eigenvalue weighted by Gasteiger charge is 2.19. The first-order chi connectivity index (χ1) is 6.06. The van der Waals surface area contributed by atoms with Crippen molar-refractivity contribution in [2.24, 2.45) is 0 Å². The Hall–Kier alpha value is -0.970. The minimum absolute atomic E-state index is 0.149. The molecule has 2 nitrogen and oxygen atoms in total. The molecule has 1 aromatic heterocycles. The lowest BCUT2D eigenvalue weighted by atomic mass is 10.3. The standard InChI is InChI=1S/C7H5ClF3NO/c1-13-3-2-4(9)12-6(5(3)8)7(10)11/h2,7H,1H3. The molecule has 6 heteroatoms. The Labute approximate surface area is 77.3 Å². The smallest absolute Gasteiger partial charge is 0.282 e. The van der Waals surface area contributed by atoms with E-state index in [-0.39, 0.29) is 10.8 Å². The molecule has 0 radical (unpaired) electrons. The first kappa shape index (κ1) is 10.1. The van der Waals surface area contributed by atoms with Crippen molar-refractivity contribution in [2.75, 3.05) is 7.11 Å². The second kappa shape index (κ2) is 3.83. The molecule has 0 aliphatic heterocycles. The van der Waals surface area contributed by atoms with E-state index in [4.69, 9.17) is 11.6 Å². The van der Waals surface area contributed by atoms with E-state index in [0.29, 0.717) is 0 Å². The van der Waals surface area contributed by atoms with Gasteiger partial charge in [0.25, 0.3) is 6.43 Å². The van der Waals surface area contributed by atoms with Crippen LogP contribution in [-0.4, -0.2) is 12.1 Å². The summed E-state index contributed by atoms with van der Waals surface area (Å²) in [4.78, 5) is 2.95. The molecular formula is C7H5ClF3NO. The first-order valence-corrected chi connectivity index (χ1v) is 3.62. The lowest BCUT2D eigenvalue weighted by Crippen LogP contribution is -1.97. The molecule has 1 heterocycles. The maximum atomic E-state index is 12.6. The molecule has 0 aromatic carbocycles. The Kier molecular flexibility index (Phi) is 2.98. The molecule has 1 rings (SSSR count). The van der Waals surface area contributed by atoms with E-state index in [0.717, 1.165) is 6.07 Å². The normalized spacial score (nSPS) is 10.6. The van der Waals surface area contributed by atoms with Crippen molar-refractivity contribution in [3.05, 3.63) is 22.7 Å². The van der Waals surface area contributed by atoms with Crippen LogP contribution >= 0.6 is 11.6 Å². The fourth-order valence-corrected chi connectivity index (χ4v) is 1.04. The van der Waals surface area contributed by atoms with Gasteiger partial charge in [0.1, 0.15) is 16.5 Å². The van der Waals surface area contributed by atoms with Gasteiger partial charge in [0.2, 0.25) is 5.95 Å². The van der Waals surface area contributed by atoms with Crippen molar-refractivity contribution in [1.82, 2.24) is 4.98 Å². The molecule has 0 spiro atoms. The predicted molar refractivity (Wildman–Crippen MR) is 40.7 cm³/mol. The molecule has 0 amide bonds. The number of alkyl halides is 2. The summed E-state index contributed by atoms with van der Waals surface area (Å²) in [5.41, 5.74) is -0.807. The summed E-state index contributed by atoms with van der Waals surface area (Å²) >= 11 is 5.44. The zero-order valence-corrected chi connectivity index (χ0v) is 7.28. The minimum atomic E-state index is -2.92. The SMILES string of the molecule is COc1cc(F)nc(C(F)F)c1Cl. The van der Waals surface area contributed by atoms with Crippen molar-refractivity contribution in [2.45, 2.75) is 6.43 Å². The van der Waals surface area contributed by atoms with E-state index in [1.165, 1.54) is 7.11 Å². The van der Waals surface area contributed by atoms with Crippen LogP contribution in [0.1, 0.15) is 12.1 Å². The molecule has 0 saturated heterocycles. The molecule has 0 saturated carbocycles. The molecule has 13 heavy (non-hydrogen) atoms. The predicted octanol–water partition coefficient (Wildman–Crippen LogP) is 2.82. The van der Waals surface area contributed by atoms with E-state index in [2.05, 4.69) is 9.72 Å². The Bertz CT molecular complexity index is 319. The summed E-state index contributed by atoms with van der Waals surface area (Å²) in [6.07, 6.45) is -2.92. The number of ether oxygens (including phenoxy) is 1. The summed E-state index contributed by atoms with van der Waals surface area (Å²) in [6.45, 7) is 0. The number of aromatic nitrogens is 1. The van der Waals surface area contributed by atoms with E-state index in [9.17, 15) is 13.2 Å². The number of pyridine rings is 1. The van der Waals surface area contributed by atoms with Gasteiger partial charge in [-0.05, 0) is 0 Å². The highest BCUT2D eigenvalue weighted by molar-refractivity contribution is 6.32. The summed E-state index contributed by atoms with van der Waals surface area (Å²) in [5, 5.41) is -0.362. The molecule has 0 N–H and O–H groups in total. The molecule has 72 valence electrons. The maximum Gasteiger partial charge on any atom is 0.282 e. The third-order valence-electron chi connectivity index (χ3n) is 1.35. The van der Waals surface area contributed by atoms with E-state index < -0.39 is 18.1 Å². The Morgan fingerprint density at radius 1 is 1.54 bits per heavy atom. The van der Waals surface area contributed by atoms with Crippen LogP contribution in [0.2, 0.25) is 5.02 Å². The molecule has 1 aromatic rings. The lowest BCUT2D eigenvalue weighted by Gasteiger charge is -2.06. The Morgan fingerprint density at radius 2 is 2.15 bits per heavy atom. The first-order valence-electron chi connectivity index (χ1n) is 3.24. The Morgan fingerprint density at radius 3 is 2.62 bits per heavy atom. The number of nitrogens with zero attached hydrogens (tertiary/aromatic N) is 1. The molecule has 0 unspecified atom stereocenters. The fourth-order valence-electron chi connectivity index (χ4n) is 0.787. The quantitative estimate of drug-likeness (QED) is 0.702. The third-order valence-corrected chi connectivity index (χ3v) is 1.73. The van der Waals surface area contributed by atoms with Crippen molar-refractivity contribution < 1.29 is 17.9 Å². The fraction of sp³-hybridized carbons (Fsp3) is 0.286. The van der Waals surface area contributed by atoms with Gasteiger partial charge in [0, 0.05) is 6.07 Å². The van der Waals surface area contributed by atoms with Gasteiger partial charge in [-0.25, -0.2) is 13.8 Å². The Balaban J connectivity index is 3.27. The van der Waals surface area contributed by atoms with Gasteiger partial charge in [-0.15, -0.1) is 0 Å². The van der Waals surface area contributed by atoms with Gasteiger partial charge in [-0.1, -0.05) is 11.6 Å². The van der Waals surface area contributed by atoms with E-state index >= 15 is 0 Å². The van der Waals surface area contributed by atoms with Crippen LogP contribution in [0.15, 0.2) is 6.07 Å². The molecule has 0 bridgehead atoms. The maximum absolute atomic E-state index is 12.6. The van der Waals surface area contributed by atoms with Crippen LogP contribution in [0.3, 0.4) is 0 Å². The van der Waals surface area contributed by atoms with Crippen molar-refractivity contribution in [3.63, 3.8) is 0 Å². The van der Waals surface area contributed by atoms with E-state index in [1.807, 2.05) is 0 Å². The van der Waals surface area contributed by atoms with Crippen LogP contribution in [0.25, 0.3) is 0 Å². The largest absolute Gasteiger partial charge is 0.495 e. The van der Waals surface area contributed by atoms with Gasteiger partial charge in [0.15, 0.2) is 0 Å². The van der Waals surface area contributed by atoms with Crippen LogP contribution < -0.4 is 4.74 Å². The van der Waals surface area contributed by atoms with Crippen LogP contribution in [0.5, 0.6) is 5.75 Å². The number of halogens is 4. The number of hydrogen-bond acceptors (Lipinski definition) is 2. The topological polar surface area (TPSA) is 22.1 Å². The summed E-state index contributed by atoms with van der Waals surface area (Å²) < 4.78 is 41.5. The highest BCUT2D eigenvalue weighted by atomic mass is 35.5. The van der Waals surface area contributed by atoms with Crippen molar-refractivity contribution >= 4 is 11.6 Å². The molecular weight excluding hydrogens is 207 g/mol. The highest BCUT2D eigenvalue weighted by Crippen LogP contribution is 2.32. The van der Waals surface area contributed by atoms with Crippen molar-refractivity contribution in [3.8, 4) is 5.75 Å². The van der Waals surface area contributed by atoms with Gasteiger partial charge in [-0.2, -0.15) is 4.39 Å². The average molecular weight is 212 g/mol. The second-order valence-corrected chi connectivity index (χ2v) is 2.53. The average Bonchev–Trinajstić information content (AvgIpc) is 2.08. The molecule has 0 atom stereocenters. The summed E-state index contributed by atoms with van der Waals surface area (Å²) in [5.74, 6) is -1.19. The minimum Gasteiger partial charge on any atom is -0.495 e. The molecule has 0 aliphatic rings. The van der Waals surface area contributed by atoms with E-state index in [1.54, 1.807) is 0 Å². The number of methoxy groups -OCH3 is 1. The molecule has 0 fully saturated rings. The summed E-state index contributed by atoms with van der Waals surface area (Å²) in [7, 11) is 1.20. The van der Waals surface area contributed by atoms with Crippen LogP contribution in [-0.2, 0) is 0 Å². The zero-order valence-electron chi connectivity index (χ0n) is 6.52. The number of rotatable bonds is 2. The van der Waals surface area contributed by atoms with Gasteiger partial charge >= 0.3 is 0 Å². The van der Waals surface area contributed by atoms with Crippen LogP contribution in [0.4, 0.5) is 13.2 Å². The molecule has 0 aliphatic carbocycles. The second-order valence-electron chi connectivity index (χ2n) is 2.15. The van der Waals surface area contributed by atoms with Crippen molar-refractivity contribution in [1.29, 1.82) is 0 Å². The van der Waals surface area contributed by atoms with Gasteiger partial charge in [-0.3, -0.25) is 0 Å². The monoisotopic (exact) mass is 211 g/mol. The lowest BCUT2D eigenvalue weighted by molar-refractivity contribution is 0.144. The van der Waals surface area contributed by atoms with Gasteiger partial charge in [0.05, 0.1) is 7.11 Å². The van der Waals surface area contributed by atoms with Gasteiger partial charge < -0.3 is 4.74 Å².